The van der Waals surface area contributed by atoms with Gasteiger partial charge in [0.15, 0.2) is 0 Å². The molecule has 6 aromatic rings. The van der Waals surface area contributed by atoms with Gasteiger partial charge in [0, 0.05) is 26.0 Å². The Labute approximate surface area is 146 Å². The summed E-state index contributed by atoms with van der Waals surface area (Å²) < 4.78 is 3.57. The fourth-order valence-corrected chi connectivity index (χ4v) is 4.79. The average molecular weight is 370 g/mol. The van der Waals surface area contributed by atoms with Crippen molar-refractivity contribution in [3.63, 3.8) is 0 Å². The number of hydrogen-bond donors (Lipinski definition) is 0. The Hall–Kier alpha value is -2.58. The molecule has 0 radical (unpaired) electrons. The summed E-state index contributed by atoms with van der Waals surface area (Å²) in [5.74, 6) is 0. The summed E-state index contributed by atoms with van der Waals surface area (Å²) in [6, 6.07) is 26.3. The highest BCUT2D eigenvalue weighted by molar-refractivity contribution is 9.10. The predicted octanol–water partition coefficient (Wildman–Crippen LogP) is 6.75. The fourth-order valence-electron chi connectivity index (χ4n) is 4.24. The first-order valence-corrected chi connectivity index (χ1v) is 8.88. The lowest BCUT2D eigenvalue weighted by Gasteiger charge is -2.12. The number of para-hydroxylation sites is 2. The Morgan fingerprint density at radius 3 is 2.29 bits per heavy atom. The molecule has 0 saturated heterocycles. The van der Waals surface area contributed by atoms with Crippen molar-refractivity contribution in [3.05, 3.63) is 77.3 Å². The number of benzene rings is 4. The molecule has 0 aliphatic carbocycles. The molecule has 0 aliphatic heterocycles. The van der Waals surface area contributed by atoms with Crippen molar-refractivity contribution < 1.29 is 0 Å². The molecule has 0 atom stereocenters. The predicted molar refractivity (Wildman–Crippen MR) is 106 cm³/mol. The fraction of sp³-hybridized carbons (Fsp3) is 0. The van der Waals surface area contributed by atoms with E-state index in [0.29, 0.717) is 0 Å². The summed E-state index contributed by atoms with van der Waals surface area (Å²) in [4.78, 5) is 0. The van der Waals surface area contributed by atoms with Crippen LogP contribution in [0.3, 0.4) is 0 Å². The number of rotatable bonds is 0. The van der Waals surface area contributed by atoms with E-state index in [2.05, 4.69) is 93.1 Å². The van der Waals surface area contributed by atoms with Gasteiger partial charge in [-0.1, -0.05) is 60.7 Å². The van der Waals surface area contributed by atoms with Crippen LogP contribution in [0, 0.1) is 0 Å². The maximum Gasteiger partial charge on any atom is 0.0683 e. The minimum Gasteiger partial charge on any atom is -0.307 e. The van der Waals surface area contributed by atoms with Gasteiger partial charge >= 0.3 is 0 Å². The van der Waals surface area contributed by atoms with Crippen molar-refractivity contribution in [1.29, 1.82) is 0 Å². The third kappa shape index (κ3) is 1.37. The van der Waals surface area contributed by atoms with Gasteiger partial charge in [-0.3, -0.25) is 0 Å². The van der Waals surface area contributed by atoms with Crippen LogP contribution in [-0.4, -0.2) is 4.40 Å². The summed E-state index contributed by atoms with van der Waals surface area (Å²) in [6.45, 7) is 0. The molecule has 2 heteroatoms. The molecule has 4 aromatic carbocycles. The van der Waals surface area contributed by atoms with Crippen LogP contribution in [-0.2, 0) is 0 Å². The monoisotopic (exact) mass is 369 g/mol. The van der Waals surface area contributed by atoms with Crippen LogP contribution in [0.4, 0.5) is 0 Å². The molecule has 0 N–H and O–H groups in total. The summed E-state index contributed by atoms with van der Waals surface area (Å²) in [6.07, 6.45) is 0. The molecule has 0 saturated carbocycles. The molecule has 0 fully saturated rings. The second-order valence-corrected chi connectivity index (χ2v) is 7.21. The summed E-state index contributed by atoms with van der Waals surface area (Å²) >= 11 is 3.78. The molecule has 0 spiro atoms. The number of hydrogen-bond acceptors (Lipinski definition) is 0. The summed E-state index contributed by atoms with van der Waals surface area (Å²) in [7, 11) is 0. The summed E-state index contributed by atoms with van der Waals surface area (Å²) in [5, 5.41) is 7.91. The van der Waals surface area contributed by atoms with Crippen LogP contribution in [0.2, 0.25) is 0 Å². The molecular weight excluding hydrogens is 358 g/mol. The first-order chi connectivity index (χ1) is 11.8. The summed E-state index contributed by atoms with van der Waals surface area (Å²) in [5.41, 5.74) is 3.83. The molecule has 0 unspecified atom stereocenters. The van der Waals surface area contributed by atoms with E-state index in [1.807, 2.05) is 0 Å². The SMILES string of the molecule is Brc1cccc2c3ccc4cccc5c6ccccc6n(c12)c3c45. The van der Waals surface area contributed by atoms with Gasteiger partial charge in [-0.25, -0.2) is 0 Å². The van der Waals surface area contributed by atoms with E-state index < -0.39 is 0 Å². The maximum absolute atomic E-state index is 3.78. The second kappa shape index (κ2) is 4.28. The van der Waals surface area contributed by atoms with E-state index in [4.69, 9.17) is 0 Å². The Bertz CT molecular complexity index is 1410. The first kappa shape index (κ1) is 12.8. The molecule has 24 heavy (non-hydrogen) atoms. The van der Waals surface area contributed by atoms with Crippen LogP contribution in [0.25, 0.3) is 48.9 Å². The largest absolute Gasteiger partial charge is 0.307 e. The molecule has 112 valence electrons. The van der Waals surface area contributed by atoms with E-state index in [1.165, 1.54) is 48.9 Å². The van der Waals surface area contributed by atoms with Gasteiger partial charge in [-0.05, 0) is 38.8 Å². The van der Waals surface area contributed by atoms with Crippen molar-refractivity contribution in [3.8, 4) is 0 Å². The molecule has 0 bridgehead atoms. The van der Waals surface area contributed by atoms with Crippen LogP contribution in [0.1, 0.15) is 0 Å². The van der Waals surface area contributed by atoms with Crippen molar-refractivity contribution in [1.82, 2.24) is 4.40 Å². The third-order valence-corrected chi connectivity index (χ3v) is 5.82. The van der Waals surface area contributed by atoms with E-state index in [0.717, 1.165) is 4.47 Å². The minimum atomic E-state index is 1.14. The third-order valence-electron chi connectivity index (χ3n) is 5.18. The van der Waals surface area contributed by atoms with Crippen LogP contribution >= 0.6 is 15.9 Å². The molecule has 2 heterocycles. The highest BCUT2D eigenvalue weighted by Crippen LogP contribution is 2.42. The Kier molecular flexibility index (Phi) is 2.28. The lowest BCUT2D eigenvalue weighted by atomic mass is 9.99. The molecule has 0 aliphatic rings. The highest BCUT2D eigenvalue weighted by atomic mass is 79.9. The topological polar surface area (TPSA) is 4.41 Å². The number of pyridine rings is 1. The van der Waals surface area contributed by atoms with Crippen molar-refractivity contribution in [2.45, 2.75) is 0 Å². The molecule has 1 nitrogen and oxygen atoms in total. The van der Waals surface area contributed by atoms with Crippen molar-refractivity contribution >= 4 is 64.8 Å². The molecule has 0 amide bonds. The van der Waals surface area contributed by atoms with Gasteiger partial charge in [0.1, 0.15) is 0 Å². The minimum absolute atomic E-state index is 1.14. The number of fused-ring (bicyclic) bond motifs is 6. The second-order valence-electron chi connectivity index (χ2n) is 6.35. The molecule has 6 rings (SSSR count). The zero-order valence-corrected chi connectivity index (χ0v) is 14.3. The maximum atomic E-state index is 3.78. The van der Waals surface area contributed by atoms with Crippen LogP contribution < -0.4 is 0 Å². The Morgan fingerprint density at radius 2 is 1.33 bits per heavy atom. The smallest absolute Gasteiger partial charge is 0.0683 e. The zero-order chi connectivity index (χ0) is 15.8. The standard InChI is InChI=1S/C22H12BrN/c23-18-9-4-8-16-17-12-11-13-5-3-7-15-14-6-1-2-10-19(14)24(21(16)18)22(17)20(13)15/h1-12H. The number of aromatic nitrogens is 1. The van der Waals surface area contributed by atoms with Crippen LogP contribution in [0.15, 0.2) is 77.3 Å². The van der Waals surface area contributed by atoms with Crippen molar-refractivity contribution in [2.75, 3.05) is 0 Å². The number of halogens is 1. The lowest BCUT2D eigenvalue weighted by molar-refractivity contribution is 1.34. The van der Waals surface area contributed by atoms with Gasteiger partial charge in [0.2, 0.25) is 0 Å². The van der Waals surface area contributed by atoms with E-state index >= 15 is 0 Å². The Balaban J connectivity index is 2.18. The highest BCUT2D eigenvalue weighted by Gasteiger charge is 2.18. The average Bonchev–Trinajstić information content (AvgIpc) is 2.98. The van der Waals surface area contributed by atoms with Gasteiger partial charge in [-0.15, -0.1) is 0 Å². The molecule has 2 aromatic heterocycles. The van der Waals surface area contributed by atoms with Gasteiger partial charge in [0.25, 0.3) is 0 Å². The normalized spacial score (nSPS) is 12.4. The van der Waals surface area contributed by atoms with Gasteiger partial charge < -0.3 is 4.40 Å². The van der Waals surface area contributed by atoms with Gasteiger partial charge in [0.05, 0.1) is 16.6 Å². The lowest BCUT2D eigenvalue weighted by Crippen LogP contribution is -1.92. The van der Waals surface area contributed by atoms with Gasteiger partial charge in [-0.2, -0.15) is 0 Å². The van der Waals surface area contributed by atoms with E-state index in [1.54, 1.807) is 0 Å². The van der Waals surface area contributed by atoms with Crippen LogP contribution in [0.5, 0.6) is 0 Å². The number of nitrogens with zero attached hydrogens (tertiary/aromatic N) is 1. The van der Waals surface area contributed by atoms with Crippen molar-refractivity contribution in [2.24, 2.45) is 0 Å². The van der Waals surface area contributed by atoms with E-state index in [9.17, 15) is 0 Å². The molecular formula is C22H12BrN. The quantitative estimate of drug-likeness (QED) is 0.206. The first-order valence-electron chi connectivity index (χ1n) is 8.09. The van der Waals surface area contributed by atoms with E-state index in [-0.39, 0.29) is 0 Å². The Morgan fingerprint density at radius 1 is 0.583 bits per heavy atom. The zero-order valence-electron chi connectivity index (χ0n) is 12.8.